The van der Waals surface area contributed by atoms with Crippen LogP contribution in [0.5, 0.6) is 0 Å². The second kappa shape index (κ2) is 6.01. The van der Waals surface area contributed by atoms with Crippen molar-refractivity contribution in [2.75, 3.05) is 36.5 Å². The molecule has 10 heteroatoms. The van der Waals surface area contributed by atoms with Crippen molar-refractivity contribution in [1.29, 1.82) is 0 Å². The molecule has 20 heavy (non-hydrogen) atoms. The Morgan fingerprint density at radius 2 is 2.15 bits per heavy atom. The van der Waals surface area contributed by atoms with Gasteiger partial charge in [-0.3, -0.25) is 5.10 Å². The Bertz CT molecular complexity index is 682. The number of rotatable bonds is 7. The minimum atomic E-state index is -3.25. The van der Waals surface area contributed by atoms with E-state index in [0.717, 1.165) is 0 Å². The highest BCUT2D eigenvalue weighted by Gasteiger charge is 2.11. The summed E-state index contributed by atoms with van der Waals surface area (Å²) in [5.41, 5.74) is 0.585. The summed E-state index contributed by atoms with van der Waals surface area (Å²) in [5.74, 6) is 0.942. The van der Waals surface area contributed by atoms with Gasteiger partial charge in [0.25, 0.3) is 0 Å². The number of aromatic amines is 1. The van der Waals surface area contributed by atoms with Gasteiger partial charge in [0.15, 0.2) is 5.65 Å². The van der Waals surface area contributed by atoms with Gasteiger partial charge >= 0.3 is 0 Å². The van der Waals surface area contributed by atoms with Gasteiger partial charge < -0.3 is 10.6 Å². The van der Waals surface area contributed by atoms with Crippen molar-refractivity contribution in [3.8, 4) is 0 Å². The van der Waals surface area contributed by atoms with Crippen molar-refractivity contribution >= 4 is 32.8 Å². The lowest BCUT2D eigenvalue weighted by Gasteiger charge is -2.08. The van der Waals surface area contributed by atoms with E-state index in [-0.39, 0.29) is 12.3 Å². The molecule has 2 aromatic rings. The normalized spacial score (nSPS) is 11.7. The number of hydrogen-bond donors (Lipinski definition) is 4. The van der Waals surface area contributed by atoms with Gasteiger partial charge in [-0.05, 0) is 0 Å². The number of fused-ring (bicyclic) bond motifs is 1. The fraction of sp³-hybridized carbons (Fsp3) is 0.500. The molecule has 0 aliphatic heterocycles. The van der Waals surface area contributed by atoms with Crippen LogP contribution in [-0.2, 0) is 10.0 Å². The van der Waals surface area contributed by atoms with Gasteiger partial charge in [-0.25, -0.2) is 13.1 Å². The Labute approximate surface area is 116 Å². The van der Waals surface area contributed by atoms with Gasteiger partial charge in [0, 0.05) is 20.1 Å². The molecule has 0 bridgehead atoms. The van der Waals surface area contributed by atoms with E-state index in [1.54, 1.807) is 20.2 Å². The number of H-pyrrole nitrogens is 1. The zero-order chi connectivity index (χ0) is 14.6. The molecular formula is C10H17N7O2S. The van der Waals surface area contributed by atoms with Crippen LogP contribution in [0.25, 0.3) is 11.0 Å². The van der Waals surface area contributed by atoms with Crippen LogP contribution in [-0.4, -0.2) is 54.5 Å². The summed E-state index contributed by atoms with van der Waals surface area (Å²) in [6.07, 6.45) is 1.59. The third-order valence-corrected chi connectivity index (χ3v) is 4.03. The molecule has 2 heterocycles. The van der Waals surface area contributed by atoms with Crippen LogP contribution in [0.2, 0.25) is 0 Å². The molecule has 0 saturated heterocycles. The summed E-state index contributed by atoms with van der Waals surface area (Å²) < 4.78 is 25.5. The Balaban J connectivity index is 2.11. The average molecular weight is 299 g/mol. The standard InChI is InChI=1S/C10H17N7O2S/c1-3-14-20(18,19)5-4-12-8-7-6-13-17-9(7)16-10(11-2)15-8/h6,14H,3-5H2,1-2H3,(H3,11,12,13,15,16,17). The topological polar surface area (TPSA) is 125 Å². The van der Waals surface area contributed by atoms with Crippen LogP contribution >= 0.6 is 0 Å². The number of aromatic nitrogens is 4. The number of sulfonamides is 1. The van der Waals surface area contributed by atoms with Gasteiger partial charge in [-0.2, -0.15) is 15.1 Å². The third-order valence-electron chi connectivity index (χ3n) is 2.56. The maximum atomic E-state index is 11.5. The molecule has 0 aliphatic carbocycles. The van der Waals surface area contributed by atoms with Crippen molar-refractivity contribution in [1.82, 2.24) is 24.9 Å². The third kappa shape index (κ3) is 3.33. The number of nitrogens with one attached hydrogen (secondary N) is 4. The highest BCUT2D eigenvalue weighted by atomic mass is 32.2. The summed E-state index contributed by atoms with van der Waals surface area (Å²) in [4.78, 5) is 8.44. The smallest absolute Gasteiger partial charge is 0.226 e. The van der Waals surface area contributed by atoms with Crippen LogP contribution in [0, 0.1) is 0 Å². The molecule has 0 amide bonds. The molecule has 0 aliphatic rings. The van der Waals surface area contributed by atoms with Gasteiger partial charge in [0.1, 0.15) is 5.82 Å². The van der Waals surface area contributed by atoms with E-state index in [1.807, 2.05) is 0 Å². The molecule has 0 atom stereocenters. The largest absolute Gasteiger partial charge is 0.368 e. The molecule has 0 radical (unpaired) electrons. The Morgan fingerprint density at radius 1 is 1.35 bits per heavy atom. The van der Waals surface area contributed by atoms with Crippen molar-refractivity contribution < 1.29 is 8.42 Å². The lowest BCUT2D eigenvalue weighted by atomic mass is 10.4. The van der Waals surface area contributed by atoms with Crippen molar-refractivity contribution in [2.45, 2.75) is 6.92 Å². The first kappa shape index (κ1) is 14.5. The van der Waals surface area contributed by atoms with E-state index in [1.165, 1.54) is 0 Å². The average Bonchev–Trinajstić information content (AvgIpc) is 2.86. The second-order valence-corrected chi connectivity index (χ2v) is 5.95. The van der Waals surface area contributed by atoms with E-state index in [0.29, 0.717) is 29.3 Å². The Morgan fingerprint density at radius 3 is 2.85 bits per heavy atom. The SMILES string of the molecule is CCNS(=O)(=O)CCNc1nc(NC)nc2[nH]ncc12. The minimum Gasteiger partial charge on any atom is -0.368 e. The van der Waals surface area contributed by atoms with E-state index >= 15 is 0 Å². The predicted molar refractivity (Wildman–Crippen MR) is 77.2 cm³/mol. The molecule has 0 aromatic carbocycles. The lowest BCUT2D eigenvalue weighted by molar-refractivity contribution is 0.584. The highest BCUT2D eigenvalue weighted by molar-refractivity contribution is 7.89. The minimum absolute atomic E-state index is 0.0287. The number of anilines is 2. The summed E-state index contributed by atoms with van der Waals surface area (Å²) in [7, 11) is -1.55. The van der Waals surface area contributed by atoms with E-state index in [2.05, 4.69) is 35.5 Å². The molecule has 110 valence electrons. The Hall–Kier alpha value is -1.94. The van der Waals surface area contributed by atoms with Gasteiger partial charge in [0.05, 0.1) is 17.3 Å². The molecule has 2 rings (SSSR count). The first-order valence-electron chi connectivity index (χ1n) is 6.16. The number of hydrogen-bond acceptors (Lipinski definition) is 7. The molecule has 0 spiro atoms. The first-order chi connectivity index (χ1) is 9.55. The van der Waals surface area contributed by atoms with Crippen LogP contribution in [0.1, 0.15) is 6.92 Å². The monoisotopic (exact) mass is 299 g/mol. The van der Waals surface area contributed by atoms with E-state index in [4.69, 9.17) is 0 Å². The lowest BCUT2D eigenvalue weighted by Crippen LogP contribution is -2.29. The maximum Gasteiger partial charge on any atom is 0.226 e. The molecule has 2 aromatic heterocycles. The zero-order valence-electron chi connectivity index (χ0n) is 11.3. The molecular weight excluding hydrogens is 282 g/mol. The summed E-state index contributed by atoms with van der Waals surface area (Å²) in [6.45, 7) is 2.37. The first-order valence-corrected chi connectivity index (χ1v) is 7.81. The number of nitrogens with zero attached hydrogens (tertiary/aromatic N) is 3. The molecule has 9 nitrogen and oxygen atoms in total. The van der Waals surface area contributed by atoms with Crippen LogP contribution in [0.15, 0.2) is 6.20 Å². The molecule has 0 unspecified atom stereocenters. The second-order valence-electron chi connectivity index (χ2n) is 4.02. The zero-order valence-corrected chi connectivity index (χ0v) is 12.1. The molecule has 0 fully saturated rings. The summed E-state index contributed by atoms with van der Waals surface area (Å²) >= 11 is 0. The van der Waals surface area contributed by atoms with Gasteiger partial charge in [0.2, 0.25) is 16.0 Å². The van der Waals surface area contributed by atoms with Crippen LogP contribution < -0.4 is 15.4 Å². The summed E-state index contributed by atoms with van der Waals surface area (Å²) in [6, 6.07) is 0. The highest BCUT2D eigenvalue weighted by Crippen LogP contribution is 2.19. The maximum absolute atomic E-state index is 11.5. The van der Waals surface area contributed by atoms with E-state index in [9.17, 15) is 8.42 Å². The fourth-order valence-corrected chi connectivity index (χ4v) is 2.63. The molecule has 0 saturated carbocycles. The van der Waals surface area contributed by atoms with Crippen LogP contribution in [0.3, 0.4) is 0 Å². The predicted octanol–water partition coefficient (Wildman–Crippen LogP) is -0.254. The van der Waals surface area contributed by atoms with Crippen molar-refractivity contribution in [2.24, 2.45) is 0 Å². The van der Waals surface area contributed by atoms with Crippen LogP contribution in [0.4, 0.5) is 11.8 Å². The Kier molecular flexibility index (Phi) is 4.35. The fourth-order valence-electron chi connectivity index (χ4n) is 1.68. The van der Waals surface area contributed by atoms with Crippen molar-refractivity contribution in [3.05, 3.63) is 6.20 Å². The van der Waals surface area contributed by atoms with Crippen molar-refractivity contribution in [3.63, 3.8) is 0 Å². The van der Waals surface area contributed by atoms with E-state index < -0.39 is 10.0 Å². The quantitative estimate of drug-likeness (QED) is 0.555. The van der Waals surface area contributed by atoms with Gasteiger partial charge in [-0.15, -0.1) is 0 Å². The molecule has 4 N–H and O–H groups in total. The summed E-state index contributed by atoms with van der Waals surface area (Å²) in [5, 5.41) is 13.2. The van der Waals surface area contributed by atoms with Gasteiger partial charge in [-0.1, -0.05) is 6.92 Å².